The number of hydrogen-bond acceptors (Lipinski definition) is 2. The van der Waals surface area contributed by atoms with E-state index in [9.17, 15) is 0 Å². The highest BCUT2D eigenvalue weighted by atomic mass is 35.5. The van der Waals surface area contributed by atoms with Crippen molar-refractivity contribution >= 4 is 11.6 Å². The lowest BCUT2D eigenvalue weighted by Gasteiger charge is -2.15. The summed E-state index contributed by atoms with van der Waals surface area (Å²) < 4.78 is 5.10. The van der Waals surface area contributed by atoms with Gasteiger partial charge in [-0.2, -0.15) is 0 Å². The van der Waals surface area contributed by atoms with Gasteiger partial charge < -0.3 is 10.5 Å². The first kappa shape index (κ1) is 12.3. The molecule has 0 aliphatic rings. The molecule has 3 heteroatoms. The SMILES string of the molecule is COc1ccc(CC(C)C(C)N)cc1Cl. The van der Waals surface area contributed by atoms with Crippen LogP contribution in [0.4, 0.5) is 0 Å². The van der Waals surface area contributed by atoms with Crippen molar-refractivity contribution in [3.63, 3.8) is 0 Å². The summed E-state index contributed by atoms with van der Waals surface area (Å²) in [4.78, 5) is 0. The molecule has 2 N–H and O–H groups in total. The van der Waals surface area contributed by atoms with Gasteiger partial charge in [-0.25, -0.2) is 0 Å². The van der Waals surface area contributed by atoms with Crippen molar-refractivity contribution in [3.05, 3.63) is 28.8 Å². The molecule has 1 aromatic carbocycles. The van der Waals surface area contributed by atoms with Crippen molar-refractivity contribution < 1.29 is 4.74 Å². The van der Waals surface area contributed by atoms with E-state index in [2.05, 4.69) is 6.92 Å². The van der Waals surface area contributed by atoms with Crippen LogP contribution in [0.15, 0.2) is 18.2 Å². The summed E-state index contributed by atoms with van der Waals surface area (Å²) in [6.07, 6.45) is 0.946. The van der Waals surface area contributed by atoms with Crippen molar-refractivity contribution in [2.75, 3.05) is 7.11 Å². The summed E-state index contributed by atoms with van der Waals surface area (Å²) in [6, 6.07) is 6.07. The number of rotatable bonds is 4. The average Bonchev–Trinajstić information content (AvgIpc) is 2.18. The van der Waals surface area contributed by atoms with Crippen LogP contribution in [0.3, 0.4) is 0 Å². The van der Waals surface area contributed by atoms with Gasteiger partial charge in [-0.05, 0) is 37.0 Å². The van der Waals surface area contributed by atoms with E-state index in [1.165, 1.54) is 5.56 Å². The van der Waals surface area contributed by atoms with Gasteiger partial charge in [-0.1, -0.05) is 24.6 Å². The lowest BCUT2D eigenvalue weighted by molar-refractivity contribution is 0.414. The van der Waals surface area contributed by atoms with Crippen LogP contribution in [0.2, 0.25) is 5.02 Å². The van der Waals surface area contributed by atoms with E-state index >= 15 is 0 Å². The van der Waals surface area contributed by atoms with Gasteiger partial charge in [0.2, 0.25) is 0 Å². The Morgan fingerprint density at radius 1 is 1.40 bits per heavy atom. The number of hydrogen-bond donors (Lipinski definition) is 1. The minimum Gasteiger partial charge on any atom is -0.495 e. The first-order valence-electron chi connectivity index (χ1n) is 5.12. The Labute approximate surface area is 96.4 Å². The molecular formula is C12H18ClNO. The molecular weight excluding hydrogens is 210 g/mol. The summed E-state index contributed by atoms with van der Waals surface area (Å²) in [6.45, 7) is 4.17. The molecule has 0 saturated carbocycles. The number of methoxy groups -OCH3 is 1. The van der Waals surface area contributed by atoms with E-state index in [-0.39, 0.29) is 6.04 Å². The molecule has 1 aromatic rings. The van der Waals surface area contributed by atoms with Crippen molar-refractivity contribution in [2.45, 2.75) is 26.3 Å². The Balaban J connectivity index is 2.75. The predicted octanol–water partition coefficient (Wildman–Crippen LogP) is 2.87. The monoisotopic (exact) mass is 227 g/mol. The molecule has 0 spiro atoms. The molecule has 2 atom stereocenters. The van der Waals surface area contributed by atoms with Crippen LogP contribution in [0.5, 0.6) is 5.75 Å². The second-order valence-electron chi connectivity index (χ2n) is 4.01. The molecule has 0 heterocycles. The molecule has 1 rings (SSSR count). The number of benzene rings is 1. The molecule has 0 aliphatic carbocycles. The van der Waals surface area contributed by atoms with Crippen molar-refractivity contribution in [1.29, 1.82) is 0 Å². The van der Waals surface area contributed by atoms with Gasteiger partial charge >= 0.3 is 0 Å². The molecule has 0 radical (unpaired) electrons. The van der Waals surface area contributed by atoms with Crippen LogP contribution in [-0.4, -0.2) is 13.2 Å². The summed E-state index contributed by atoms with van der Waals surface area (Å²) in [5.41, 5.74) is 7.02. The third-order valence-corrected chi connectivity index (χ3v) is 2.97. The van der Waals surface area contributed by atoms with Gasteiger partial charge in [0.1, 0.15) is 5.75 Å². The highest BCUT2D eigenvalue weighted by Crippen LogP contribution is 2.26. The molecule has 0 fully saturated rings. The van der Waals surface area contributed by atoms with Gasteiger partial charge in [0.05, 0.1) is 12.1 Å². The normalized spacial score (nSPS) is 14.7. The van der Waals surface area contributed by atoms with Crippen LogP contribution in [0, 0.1) is 5.92 Å². The van der Waals surface area contributed by atoms with Crippen LogP contribution in [-0.2, 0) is 6.42 Å². The molecule has 15 heavy (non-hydrogen) atoms. The molecule has 0 aliphatic heterocycles. The summed E-state index contributed by atoms with van der Waals surface area (Å²) in [5.74, 6) is 1.17. The second kappa shape index (κ2) is 5.38. The summed E-state index contributed by atoms with van der Waals surface area (Å²) >= 11 is 6.04. The minimum atomic E-state index is 0.200. The maximum absolute atomic E-state index is 6.04. The summed E-state index contributed by atoms with van der Waals surface area (Å²) in [7, 11) is 1.62. The Hall–Kier alpha value is -0.730. The zero-order chi connectivity index (χ0) is 11.4. The highest BCUT2D eigenvalue weighted by molar-refractivity contribution is 6.32. The molecule has 2 unspecified atom stereocenters. The van der Waals surface area contributed by atoms with E-state index in [4.69, 9.17) is 22.1 Å². The van der Waals surface area contributed by atoms with E-state index in [0.29, 0.717) is 16.7 Å². The first-order valence-corrected chi connectivity index (χ1v) is 5.50. The van der Waals surface area contributed by atoms with Crippen LogP contribution in [0.1, 0.15) is 19.4 Å². The Bertz CT molecular complexity index is 325. The summed E-state index contributed by atoms with van der Waals surface area (Å²) in [5, 5.41) is 0.659. The zero-order valence-electron chi connectivity index (χ0n) is 9.46. The second-order valence-corrected chi connectivity index (χ2v) is 4.42. The largest absolute Gasteiger partial charge is 0.495 e. The number of nitrogens with two attached hydrogens (primary N) is 1. The Morgan fingerprint density at radius 2 is 2.07 bits per heavy atom. The standard InChI is InChI=1S/C12H18ClNO/c1-8(9(2)14)6-10-4-5-12(15-3)11(13)7-10/h4-5,7-9H,6,14H2,1-3H3. The lowest BCUT2D eigenvalue weighted by atomic mass is 9.95. The first-order chi connectivity index (χ1) is 7.04. The van der Waals surface area contributed by atoms with Crippen LogP contribution < -0.4 is 10.5 Å². The van der Waals surface area contributed by atoms with Gasteiger partial charge in [0.15, 0.2) is 0 Å². The smallest absolute Gasteiger partial charge is 0.137 e. The quantitative estimate of drug-likeness (QED) is 0.859. The van der Waals surface area contributed by atoms with E-state index in [1.54, 1.807) is 7.11 Å². The zero-order valence-corrected chi connectivity index (χ0v) is 10.2. The van der Waals surface area contributed by atoms with Gasteiger partial charge in [0, 0.05) is 6.04 Å². The van der Waals surface area contributed by atoms with Gasteiger partial charge in [0.25, 0.3) is 0 Å². The fourth-order valence-corrected chi connectivity index (χ4v) is 1.67. The highest BCUT2D eigenvalue weighted by Gasteiger charge is 2.09. The fraction of sp³-hybridized carbons (Fsp3) is 0.500. The van der Waals surface area contributed by atoms with E-state index in [1.807, 2.05) is 25.1 Å². The molecule has 0 aromatic heterocycles. The predicted molar refractivity (Wildman–Crippen MR) is 64.5 cm³/mol. The fourth-order valence-electron chi connectivity index (χ4n) is 1.39. The molecule has 84 valence electrons. The molecule has 0 saturated heterocycles. The third-order valence-electron chi connectivity index (χ3n) is 2.67. The van der Waals surface area contributed by atoms with Gasteiger partial charge in [-0.15, -0.1) is 0 Å². The van der Waals surface area contributed by atoms with E-state index in [0.717, 1.165) is 6.42 Å². The number of halogens is 1. The van der Waals surface area contributed by atoms with Crippen molar-refractivity contribution in [1.82, 2.24) is 0 Å². The maximum Gasteiger partial charge on any atom is 0.137 e. The Kier molecular flexibility index (Phi) is 4.43. The Morgan fingerprint density at radius 3 is 2.53 bits per heavy atom. The minimum absolute atomic E-state index is 0.200. The topological polar surface area (TPSA) is 35.2 Å². The molecule has 0 amide bonds. The van der Waals surface area contributed by atoms with Crippen molar-refractivity contribution in [2.24, 2.45) is 11.7 Å². The lowest BCUT2D eigenvalue weighted by Crippen LogP contribution is -2.25. The molecule has 2 nitrogen and oxygen atoms in total. The molecule has 0 bridgehead atoms. The van der Waals surface area contributed by atoms with E-state index < -0.39 is 0 Å². The average molecular weight is 228 g/mol. The van der Waals surface area contributed by atoms with Crippen LogP contribution >= 0.6 is 11.6 Å². The van der Waals surface area contributed by atoms with Crippen molar-refractivity contribution in [3.8, 4) is 5.75 Å². The van der Waals surface area contributed by atoms with Gasteiger partial charge in [-0.3, -0.25) is 0 Å². The number of ether oxygens (including phenoxy) is 1. The van der Waals surface area contributed by atoms with Crippen LogP contribution in [0.25, 0.3) is 0 Å². The third kappa shape index (κ3) is 3.40. The maximum atomic E-state index is 6.04.